The van der Waals surface area contributed by atoms with Gasteiger partial charge in [-0.3, -0.25) is 4.79 Å². The molecule has 0 bridgehead atoms. The molecule has 19 heavy (non-hydrogen) atoms. The van der Waals surface area contributed by atoms with Crippen LogP contribution >= 0.6 is 0 Å². The van der Waals surface area contributed by atoms with E-state index in [1.165, 1.54) is 0 Å². The van der Waals surface area contributed by atoms with Crippen molar-refractivity contribution in [2.75, 3.05) is 11.4 Å². The van der Waals surface area contributed by atoms with Gasteiger partial charge in [0.05, 0.1) is 0 Å². The molecule has 0 fully saturated rings. The highest BCUT2D eigenvalue weighted by atomic mass is 16.2. The van der Waals surface area contributed by atoms with Gasteiger partial charge in [0.2, 0.25) is 0 Å². The minimum absolute atomic E-state index is 0.0985. The van der Waals surface area contributed by atoms with Gasteiger partial charge in [0.15, 0.2) is 0 Å². The van der Waals surface area contributed by atoms with E-state index in [4.69, 9.17) is 0 Å². The van der Waals surface area contributed by atoms with Gasteiger partial charge in [0.25, 0.3) is 5.91 Å². The number of aromatic nitrogens is 2. The van der Waals surface area contributed by atoms with Gasteiger partial charge >= 0.3 is 0 Å². The van der Waals surface area contributed by atoms with Gasteiger partial charge in [0, 0.05) is 18.4 Å². The summed E-state index contributed by atoms with van der Waals surface area (Å²) in [5.74, 6) is 0.504. The lowest BCUT2D eigenvalue weighted by molar-refractivity contribution is 0.0983. The number of carbonyl (C=O) groups excluding carboxylic acids is 1. The maximum Gasteiger partial charge on any atom is 0.276 e. The molecule has 98 valence electrons. The molecule has 2 aromatic rings. The van der Waals surface area contributed by atoms with Crippen molar-refractivity contribution < 1.29 is 4.79 Å². The first-order valence-corrected chi connectivity index (χ1v) is 6.30. The highest BCUT2D eigenvalue weighted by Gasteiger charge is 2.17. The first-order chi connectivity index (χ1) is 9.11. The number of carbonyl (C=O) groups is 1. The average Bonchev–Trinajstić information content (AvgIpc) is 2.39. The zero-order valence-corrected chi connectivity index (χ0v) is 11.4. The van der Waals surface area contributed by atoms with Gasteiger partial charge in [-0.1, -0.05) is 12.1 Å². The summed E-state index contributed by atoms with van der Waals surface area (Å²) in [6.45, 7) is 6.34. The van der Waals surface area contributed by atoms with Crippen molar-refractivity contribution >= 4 is 11.6 Å². The summed E-state index contributed by atoms with van der Waals surface area (Å²) < 4.78 is 0. The smallest absolute Gasteiger partial charge is 0.276 e. The van der Waals surface area contributed by atoms with Crippen LogP contribution in [0.15, 0.2) is 36.5 Å². The standard InChI is InChI=1S/C15H17N3O/c1-4-18(13-7-5-6-11(2)10-13)15(19)14-8-9-16-12(3)17-14/h5-10H,4H2,1-3H3. The Morgan fingerprint density at radius 2 is 2.05 bits per heavy atom. The number of anilines is 1. The molecule has 0 spiro atoms. The Morgan fingerprint density at radius 3 is 2.68 bits per heavy atom. The minimum atomic E-state index is -0.0985. The summed E-state index contributed by atoms with van der Waals surface area (Å²) in [5, 5.41) is 0. The van der Waals surface area contributed by atoms with Crippen molar-refractivity contribution in [2.24, 2.45) is 0 Å². The first-order valence-electron chi connectivity index (χ1n) is 6.30. The van der Waals surface area contributed by atoms with Gasteiger partial charge in [0.1, 0.15) is 11.5 Å². The lowest BCUT2D eigenvalue weighted by atomic mass is 10.2. The van der Waals surface area contributed by atoms with E-state index in [1.807, 2.05) is 38.1 Å². The number of aryl methyl sites for hydroxylation is 2. The number of nitrogens with zero attached hydrogens (tertiary/aromatic N) is 3. The SMILES string of the molecule is CCN(C(=O)c1ccnc(C)n1)c1cccc(C)c1. The molecule has 0 radical (unpaired) electrons. The van der Waals surface area contributed by atoms with Crippen molar-refractivity contribution in [1.29, 1.82) is 0 Å². The van der Waals surface area contributed by atoms with Crippen molar-refractivity contribution in [3.63, 3.8) is 0 Å². The second-order valence-corrected chi connectivity index (χ2v) is 4.38. The fourth-order valence-corrected chi connectivity index (χ4v) is 1.95. The van der Waals surface area contributed by atoms with E-state index in [2.05, 4.69) is 9.97 Å². The Labute approximate surface area is 113 Å². The Balaban J connectivity index is 2.34. The fraction of sp³-hybridized carbons (Fsp3) is 0.267. The summed E-state index contributed by atoms with van der Waals surface area (Å²) in [6.07, 6.45) is 1.61. The fourth-order valence-electron chi connectivity index (χ4n) is 1.95. The third kappa shape index (κ3) is 2.96. The summed E-state index contributed by atoms with van der Waals surface area (Å²) >= 11 is 0. The summed E-state index contributed by atoms with van der Waals surface area (Å²) in [5.41, 5.74) is 2.45. The van der Waals surface area contributed by atoms with E-state index in [0.29, 0.717) is 18.1 Å². The van der Waals surface area contributed by atoms with E-state index in [9.17, 15) is 4.79 Å². The largest absolute Gasteiger partial charge is 0.307 e. The molecule has 4 heteroatoms. The Kier molecular flexibility index (Phi) is 3.90. The predicted molar refractivity (Wildman–Crippen MR) is 75.3 cm³/mol. The van der Waals surface area contributed by atoms with Crippen LogP contribution in [0.2, 0.25) is 0 Å². The molecule has 0 aliphatic carbocycles. The van der Waals surface area contributed by atoms with Crippen LogP contribution in [-0.2, 0) is 0 Å². The second kappa shape index (κ2) is 5.61. The monoisotopic (exact) mass is 255 g/mol. The molecule has 1 heterocycles. The van der Waals surface area contributed by atoms with Crippen LogP contribution in [0.1, 0.15) is 28.8 Å². The zero-order chi connectivity index (χ0) is 13.8. The molecule has 1 aromatic heterocycles. The quantitative estimate of drug-likeness (QED) is 0.847. The topological polar surface area (TPSA) is 46.1 Å². The number of hydrogen-bond acceptors (Lipinski definition) is 3. The van der Waals surface area contributed by atoms with Gasteiger partial charge < -0.3 is 4.90 Å². The van der Waals surface area contributed by atoms with Crippen molar-refractivity contribution in [3.05, 3.63) is 53.6 Å². The highest BCUT2D eigenvalue weighted by molar-refractivity contribution is 6.04. The van der Waals surface area contributed by atoms with Crippen molar-refractivity contribution in [3.8, 4) is 0 Å². The number of hydrogen-bond donors (Lipinski definition) is 0. The lowest BCUT2D eigenvalue weighted by Crippen LogP contribution is -2.31. The molecule has 0 atom stereocenters. The van der Waals surface area contributed by atoms with Crippen molar-refractivity contribution in [1.82, 2.24) is 9.97 Å². The summed E-state index contributed by atoms with van der Waals surface area (Å²) in [7, 11) is 0. The van der Waals surface area contributed by atoms with E-state index in [0.717, 1.165) is 11.3 Å². The molecule has 0 N–H and O–H groups in total. The Hall–Kier alpha value is -2.23. The number of rotatable bonds is 3. The molecular weight excluding hydrogens is 238 g/mol. The van der Waals surface area contributed by atoms with Crippen LogP contribution in [0.25, 0.3) is 0 Å². The van der Waals surface area contributed by atoms with Gasteiger partial charge in [-0.05, 0) is 44.5 Å². The molecule has 4 nitrogen and oxygen atoms in total. The zero-order valence-electron chi connectivity index (χ0n) is 11.4. The number of benzene rings is 1. The first kappa shape index (κ1) is 13.2. The third-order valence-electron chi connectivity index (χ3n) is 2.87. The van der Waals surface area contributed by atoms with Gasteiger partial charge in [-0.15, -0.1) is 0 Å². The molecule has 1 aromatic carbocycles. The van der Waals surface area contributed by atoms with Crippen LogP contribution in [0.3, 0.4) is 0 Å². The average molecular weight is 255 g/mol. The van der Waals surface area contributed by atoms with E-state index in [-0.39, 0.29) is 5.91 Å². The molecule has 1 amide bonds. The van der Waals surface area contributed by atoms with Gasteiger partial charge in [-0.25, -0.2) is 9.97 Å². The number of amides is 1. The molecular formula is C15H17N3O. The van der Waals surface area contributed by atoms with Crippen molar-refractivity contribution in [2.45, 2.75) is 20.8 Å². The lowest BCUT2D eigenvalue weighted by Gasteiger charge is -2.21. The maximum absolute atomic E-state index is 12.5. The minimum Gasteiger partial charge on any atom is -0.307 e. The van der Waals surface area contributed by atoms with Crippen LogP contribution in [-0.4, -0.2) is 22.4 Å². The molecule has 0 unspecified atom stereocenters. The Bertz CT molecular complexity index is 595. The van der Waals surface area contributed by atoms with Crippen LogP contribution in [0, 0.1) is 13.8 Å². The normalized spacial score (nSPS) is 10.3. The molecule has 2 rings (SSSR count). The van der Waals surface area contributed by atoms with Crippen LogP contribution < -0.4 is 4.90 Å². The van der Waals surface area contributed by atoms with E-state index in [1.54, 1.807) is 24.1 Å². The third-order valence-corrected chi connectivity index (χ3v) is 2.87. The predicted octanol–water partition coefficient (Wildman–Crippen LogP) is 2.76. The van der Waals surface area contributed by atoms with Crippen LogP contribution in [0.4, 0.5) is 5.69 Å². The van der Waals surface area contributed by atoms with E-state index >= 15 is 0 Å². The maximum atomic E-state index is 12.5. The molecule has 0 saturated heterocycles. The van der Waals surface area contributed by atoms with Gasteiger partial charge in [-0.2, -0.15) is 0 Å². The molecule has 0 aliphatic heterocycles. The highest BCUT2D eigenvalue weighted by Crippen LogP contribution is 2.17. The molecule has 0 saturated carbocycles. The van der Waals surface area contributed by atoms with Crippen LogP contribution in [0.5, 0.6) is 0 Å². The molecule has 0 aliphatic rings. The second-order valence-electron chi connectivity index (χ2n) is 4.38. The van der Waals surface area contributed by atoms with E-state index < -0.39 is 0 Å². The summed E-state index contributed by atoms with van der Waals surface area (Å²) in [4.78, 5) is 22.4. The Morgan fingerprint density at radius 1 is 1.26 bits per heavy atom. The summed E-state index contributed by atoms with van der Waals surface area (Å²) in [6, 6.07) is 9.54.